The number of benzene rings is 1. The molecular weight excluding hydrogens is 324 g/mol. The maximum Gasteiger partial charge on any atom is 0.143 e. The zero-order valence-corrected chi connectivity index (χ0v) is 16.2. The van der Waals surface area contributed by atoms with E-state index in [0.29, 0.717) is 12.3 Å². The lowest BCUT2D eigenvalue weighted by atomic mass is 10.1. The first kappa shape index (κ1) is 18.1. The van der Waals surface area contributed by atoms with Crippen LogP contribution in [0.5, 0.6) is 5.75 Å². The Balaban J connectivity index is 1.88. The average molecular weight is 350 g/mol. The molecule has 2 aromatic heterocycles. The van der Waals surface area contributed by atoms with Gasteiger partial charge in [-0.2, -0.15) is 0 Å². The second kappa shape index (κ2) is 7.68. The number of hydrogen-bond donors (Lipinski definition) is 0. The fourth-order valence-corrected chi connectivity index (χ4v) is 3.08. The van der Waals surface area contributed by atoms with Gasteiger partial charge in [-0.3, -0.25) is 0 Å². The Bertz CT molecular complexity index is 899. The van der Waals surface area contributed by atoms with Crippen LogP contribution in [0.2, 0.25) is 0 Å². The molecule has 26 heavy (non-hydrogen) atoms. The summed E-state index contributed by atoms with van der Waals surface area (Å²) in [6.07, 6.45) is 5.44. The smallest absolute Gasteiger partial charge is 0.143 e. The minimum Gasteiger partial charge on any atom is -0.495 e. The van der Waals surface area contributed by atoms with Crippen molar-refractivity contribution in [2.75, 3.05) is 7.11 Å². The second-order valence-corrected chi connectivity index (χ2v) is 7.12. The van der Waals surface area contributed by atoms with Crippen molar-refractivity contribution in [3.05, 3.63) is 65.3 Å². The minimum absolute atomic E-state index is 0.579. The Morgan fingerprint density at radius 2 is 1.88 bits per heavy atom. The molecule has 5 nitrogen and oxygen atoms in total. The summed E-state index contributed by atoms with van der Waals surface area (Å²) in [4.78, 5) is 13.6. The van der Waals surface area contributed by atoms with E-state index >= 15 is 0 Å². The zero-order valence-electron chi connectivity index (χ0n) is 16.2. The van der Waals surface area contributed by atoms with E-state index in [1.54, 1.807) is 13.4 Å². The highest BCUT2D eigenvalue weighted by atomic mass is 16.5. The Hall–Kier alpha value is -2.69. The van der Waals surface area contributed by atoms with Gasteiger partial charge >= 0.3 is 0 Å². The van der Waals surface area contributed by atoms with E-state index in [1.807, 2.05) is 24.6 Å². The van der Waals surface area contributed by atoms with Crippen LogP contribution in [0.25, 0.3) is 5.69 Å². The molecular formula is C21H26N4O. The lowest BCUT2D eigenvalue weighted by Crippen LogP contribution is -2.05. The molecule has 0 atom stereocenters. The van der Waals surface area contributed by atoms with Gasteiger partial charge in [-0.15, -0.1) is 0 Å². The SMILES string of the molecule is COc1cc(Cc2nc(C)cc(CC(C)C)n2)ccc1-n1cnc(C)c1. The predicted octanol–water partition coefficient (Wildman–Crippen LogP) is 4.08. The van der Waals surface area contributed by atoms with Crippen LogP contribution in [0.3, 0.4) is 0 Å². The van der Waals surface area contributed by atoms with Gasteiger partial charge in [0.05, 0.1) is 24.8 Å². The first-order valence-corrected chi connectivity index (χ1v) is 8.96. The van der Waals surface area contributed by atoms with Crippen molar-refractivity contribution in [3.63, 3.8) is 0 Å². The molecule has 3 rings (SSSR count). The van der Waals surface area contributed by atoms with Crippen LogP contribution >= 0.6 is 0 Å². The molecule has 1 aromatic carbocycles. The standard InChI is InChI=1S/C21H26N4O/c1-14(2)8-18-9-15(3)23-21(24-18)11-17-6-7-19(20(10-17)26-5)25-12-16(4)22-13-25/h6-7,9-10,12-14H,8,11H2,1-5H3. The van der Waals surface area contributed by atoms with Crippen LogP contribution in [-0.2, 0) is 12.8 Å². The molecule has 0 N–H and O–H groups in total. The third-order valence-corrected chi connectivity index (χ3v) is 4.17. The maximum atomic E-state index is 5.60. The van der Waals surface area contributed by atoms with Crippen LogP contribution in [0.15, 0.2) is 36.8 Å². The van der Waals surface area contributed by atoms with E-state index in [4.69, 9.17) is 9.72 Å². The van der Waals surface area contributed by atoms with Crippen LogP contribution in [0.4, 0.5) is 0 Å². The monoisotopic (exact) mass is 350 g/mol. The van der Waals surface area contributed by atoms with Crippen LogP contribution in [0, 0.1) is 19.8 Å². The van der Waals surface area contributed by atoms with Crippen molar-refractivity contribution in [3.8, 4) is 11.4 Å². The number of nitrogens with zero attached hydrogens (tertiary/aromatic N) is 4. The van der Waals surface area contributed by atoms with E-state index in [2.05, 4.69) is 48.1 Å². The quantitative estimate of drug-likeness (QED) is 0.672. The Morgan fingerprint density at radius 3 is 2.54 bits per heavy atom. The molecule has 0 unspecified atom stereocenters. The summed E-state index contributed by atoms with van der Waals surface area (Å²) >= 11 is 0. The van der Waals surface area contributed by atoms with Gasteiger partial charge in [0.2, 0.25) is 0 Å². The van der Waals surface area contributed by atoms with Crippen molar-refractivity contribution >= 4 is 0 Å². The summed E-state index contributed by atoms with van der Waals surface area (Å²) in [6, 6.07) is 8.29. The van der Waals surface area contributed by atoms with Gasteiger partial charge in [-0.1, -0.05) is 19.9 Å². The lowest BCUT2D eigenvalue weighted by molar-refractivity contribution is 0.412. The van der Waals surface area contributed by atoms with Crippen molar-refractivity contribution < 1.29 is 4.74 Å². The fraction of sp³-hybridized carbons (Fsp3) is 0.381. The average Bonchev–Trinajstić information content (AvgIpc) is 2.99. The third-order valence-electron chi connectivity index (χ3n) is 4.17. The molecule has 0 aliphatic carbocycles. The normalized spacial score (nSPS) is 11.2. The fourth-order valence-electron chi connectivity index (χ4n) is 3.08. The Morgan fingerprint density at radius 1 is 1.08 bits per heavy atom. The number of rotatable bonds is 6. The molecule has 0 saturated heterocycles. The molecule has 0 fully saturated rings. The van der Waals surface area contributed by atoms with Crippen molar-refractivity contribution in [2.45, 2.75) is 40.5 Å². The minimum atomic E-state index is 0.579. The first-order chi connectivity index (χ1) is 12.4. The number of aromatic nitrogens is 4. The zero-order chi connectivity index (χ0) is 18.7. The van der Waals surface area contributed by atoms with E-state index in [1.165, 1.54) is 0 Å². The van der Waals surface area contributed by atoms with E-state index < -0.39 is 0 Å². The number of imidazole rings is 1. The van der Waals surface area contributed by atoms with Crippen molar-refractivity contribution in [1.29, 1.82) is 0 Å². The highest BCUT2D eigenvalue weighted by molar-refractivity contribution is 5.49. The molecule has 0 saturated carbocycles. The molecule has 0 amide bonds. The van der Waals surface area contributed by atoms with E-state index in [9.17, 15) is 0 Å². The molecule has 136 valence electrons. The van der Waals surface area contributed by atoms with Gasteiger partial charge in [0.15, 0.2) is 0 Å². The summed E-state index contributed by atoms with van der Waals surface area (Å²) in [7, 11) is 1.69. The van der Waals surface area contributed by atoms with Gasteiger partial charge in [-0.05, 0) is 49.9 Å². The Kier molecular flexibility index (Phi) is 5.35. The summed E-state index contributed by atoms with van der Waals surface area (Å²) in [5.74, 6) is 2.25. The maximum absolute atomic E-state index is 5.60. The number of aryl methyl sites for hydroxylation is 2. The molecule has 0 bridgehead atoms. The summed E-state index contributed by atoms with van der Waals surface area (Å²) in [5.41, 5.74) is 5.20. The number of methoxy groups -OCH3 is 1. The summed E-state index contributed by atoms with van der Waals surface area (Å²) < 4.78 is 7.57. The largest absolute Gasteiger partial charge is 0.495 e. The Labute approximate surface area is 155 Å². The first-order valence-electron chi connectivity index (χ1n) is 8.96. The van der Waals surface area contributed by atoms with E-state index in [-0.39, 0.29) is 0 Å². The topological polar surface area (TPSA) is 52.8 Å². The van der Waals surface area contributed by atoms with Gasteiger partial charge in [0, 0.05) is 24.0 Å². The summed E-state index contributed by atoms with van der Waals surface area (Å²) in [6.45, 7) is 8.41. The molecule has 2 heterocycles. The molecule has 0 aliphatic rings. The molecule has 0 aliphatic heterocycles. The molecule has 0 radical (unpaired) electrons. The highest BCUT2D eigenvalue weighted by Crippen LogP contribution is 2.25. The van der Waals surface area contributed by atoms with Gasteiger partial charge in [0.25, 0.3) is 0 Å². The van der Waals surface area contributed by atoms with E-state index in [0.717, 1.165) is 46.3 Å². The lowest BCUT2D eigenvalue weighted by Gasteiger charge is -2.12. The van der Waals surface area contributed by atoms with Gasteiger partial charge in [-0.25, -0.2) is 15.0 Å². The number of hydrogen-bond acceptors (Lipinski definition) is 4. The number of ether oxygens (including phenoxy) is 1. The molecule has 5 heteroatoms. The molecule has 3 aromatic rings. The molecule has 0 spiro atoms. The van der Waals surface area contributed by atoms with Crippen LogP contribution < -0.4 is 4.74 Å². The van der Waals surface area contributed by atoms with Crippen molar-refractivity contribution in [2.24, 2.45) is 5.92 Å². The highest BCUT2D eigenvalue weighted by Gasteiger charge is 2.10. The second-order valence-electron chi connectivity index (χ2n) is 7.12. The van der Waals surface area contributed by atoms with Crippen LogP contribution in [0.1, 0.15) is 42.3 Å². The predicted molar refractivity (Wildman–Crippen MR) is 103 cm³/mol. The summed E-state index contributed by atoms with van der Waals surface area (Å²) in [5, 5.41) is 0. The van der Waals surface area contributed by atoms with Gasteiger partial charge < -0.3 is 9.30 Å². The van der Waals surface area contributed by atoms with Crippen LogP contribution in [-0.4, -0.2) is 26.6 Å². The van der Waals surface area contributed by atoms with Gasteiger partial charge in [0.1, 0.15) is 11.6 Å². The van der Waals surface area contributed by atoms with Crippen molar-refractivity contribution in [1.82, 2.24) is 19.5 Å². The third kappa shape index (κ3) is 4.28.